The van der Waals surface area contributed by atoms with Crippen molar-refractivity contribution in [3.05, 3.63) is 0 Å². The minimum atomic E-state index is -0.406. The Balaban J connectivity index is 1.96. The third-order valence-corrected chi connectivity index (χ3v) is 2.84. The van der Waals surface area contributed by atoms with Crippen LogP contribution in [-0.4, -0.2) is 41.9 Å². The number of carbonyl (C=O) groups excluding carboxylic acids is 1. The van der Waals surface area contributed by atoms with Gasteiger partial charge in [-0.1, -0.05) is 0 Å². The van der Waals surface area contributed by atoms with Crippen molar-refractivity contribution >= 4 is 6.09 Å². The molecule has 3 aliphatic rings. The van der Waals surface area contributed by atoms with Crippen molar-refractivity contribution in [1.82, 2.24) is 4.90 Å². The molecule has 0 radical (unpaired) electrons. The van der Waals surface area contributed by atoms with Gasteiger partial charge in [-0.15, -0.1) is 0 Å². The second kappa shape index (κ2) is 3.67. The van der Waals surface area contributed by atoms with Crippen molar-refractivity contribution in [2.24, 2.45) is 0 Å². The number of nitrogens with zero attached hydrogens (tertiary/aromatic N) is 1. The van der Waals surface area contributed by atoms with Crippen LogP contribution in [0.15, 0.2) is 0 Å². The lowest BCUT2D eigenvalue weighted by Crippen LogP contribution is -2.59. The fourth-order valence-corrected chi connectivity index (χ4v) is 2.16. The number of fused-ring (bicyclic) bond motifs is 3. The molecule has 0 aromatic carbocycles. The lowest BCUT2D eigenvalue weighted by atomic mass is 9.93. The molecule has 0 saturated carbocycles. The Morgan fingerprint density at radius 3 is 2.80 bits per heavy atom. The monoisotopic (exact) mass is 213 g/mol. The standard InChI is InChI=1S/C11H19NO3/c1-11(2,3)15-10(13)12-8-4-5-14-7-9(12)6-8/h8-9H,4-7H2,1-3H3. The first kappa shape index (κ1) is 10.7. The number of amides is 1. The van der Waals surface area contributed by atoms with E-state index in [1.165, 1.54) is 0 Å². The summed E-state index contributed by atoms with van der Waals surface area (Å²) in [5.41, 5.74) is -0.406. The Morgan fingerprint density at radius 1 is 1.40 bits per heavy atom. The van der Waals surface area contributed by atoms with Gasteiger partial charge in [0.2, 0.25) is 0 Å². The van der Waals surface area contributed by atoms with Gasteiger partial charge in [0.15, 0.2) is 0 Å². The van der Waals surface area contributed by atoms with Gasteiger partial charge in [-0.25, -0.2) is 4.79 Å². The van der Waals surface area contributed by atoms with Crippen LogP contribution < -0.4 is 0 Å². The largest absolute Gasteiger partial charge is 0.444 e. The summed E-state index contributed by atoms with van der Waals surface area (Å²) in [4.78, 5) is 13.7. The lowest BCUT2D eigenvalue weighted by molar-refractivity contribution is -0.0335. The quantitative estimate of drug-likeness (QED) is 0.615. The Kier molecular flexibility index (Phi) is 2.63. The van der Waals surface area contributed by atoms with Gasteiger partial charge in [0, 0.05) is 12.6 Å². The number of carbonyl (C=O) groups is 1. The average molecular weight is 213 g/mol. The number of rotatable bonds is 0. The highest BCUT2D eigenvalue weighted by Crippen LogP contribution is 2.32. The first-order chi connectivity index (χ1) is 6.97. The number of hydrogen-bond donors (Lipinski definition) is 0. The molecular weight excluding hydrogens is 194 g/mol. The molecule has 3 fully saturated rings. The molecule has 1 amide bonds. The van der Waals surface area contributed by atoms with Gasteiger partial charge in [-0.3, -0.25) is 4.90 Å². The Bertz CT molecular complexity index is 243. The van der Waals surface area contributed by atoms with Gasteiger partial charge in [-0.2, -0.15) is 0 Å². The molecule has 4 nitrogen and oxygen atoms in total. The number of hydrogen-bond acceptors (Lipinski definition) is 3. The van der Waals surface area contributed by atoms with Crippen LogP contribution in [0, 0.1) is 0 Å². The van der Waals surface area contributed by atoms with E-state index in [4.69, 9.17) is 9.47 Å². The Morgan fingerprint density at radius 2 is 2.13 bits per heavy atom. The van der Waals surface area contributed by atoms with Gasteiger partial charge in [0.05, 0.1) is 12.6 Å². The number of ether oxygens (including phenoxy) is 2. The maximum atomic E-state index is 11.9. The molecule has 0 aromatic rings. The first-order valence-corrected chi connectivity index (χ1v) is 5.56. The highest BCUT2D eigenvalue weighted by Gasteiger charge is 2.44. The van der Waals surface area contributed by atoms with Gasteiger partial charge < -0.3 is 9.47 Å². The van der Waals surface area contributed by atoms with Gasteiger partial charge in [0.25, 0.3) is 0 Å². The predicted octanol–water partition coefficient (Wildman–Crippen LogP) is 1.78. The van der Waals surface area contributed by atoms with Crippen LogP contribution in [0.25, 0.3) is 0 Å². The van der Waals surface area contributed by atoms with E-state index in [2.05, 4.69) is 0 Å². The molecule has 15 heavy (non-hydrogen) atoms. The minimum Gasteiger partial charge on any atom is -0.444 e. The highest BCUT2D eigenvalue weighted by molar-refractivity contribution is 5.70. The maximum absolute atomic E-state index is 11.9. The average Bonchev–Trinajstić information content (AvgIpc) is 2.31. The fraction of sp³-hybridized carbons (Fsp3) is 0.909. The molecule has 0 spiro atoms. The summed E-state index contributed by atoms with van der Waals surface area (Å²) >= 11 is 0. The molecular formula is C11H19NO3. The van der Waals surface area contributed by atoms with Crippen LogP contribution in [-0.2, 0) is 9.47 Å². The molecule has 0 aromatic heterocycles. The lowest BCUT2D eigenvalue weighted by Gasteiger charge is -2.46. The molecule has 2 bridgehead atoms. The molecule has 0 N–H and O–H groups in total. The van der Waals surface area contributed by atoms with Gasteiger partial charge >= 0.3 is 6.09 Å². The maximum Gasteiger partial charge on any atom is 0.410 e. The van der Waals surface area contributed by atoms with Crippen molar-refractivity contribution < 1.29 is 14.3 Å². The van der Waals surface area contributed by atoms with Crippen LogP contribution in [0.5, 0.6) is 0 Å². The van der Waals surface area contributed by atoms with Crippen LogP contribution in [0.3, 0.4) is 0 Å². The zero-order valence-electron chi connectivity index (χ0n) is 9.66. The van der Waals surface area contributed by atoms with Crippen LogP contribution >= 0.6 is 0 Å². The highest BCUT2D eigenvalue weighted by atomic mass is 16.6. The van der Waals surface area contributed by atoms with E-state index in [1.54, 1.807) is 0 Å². The summed E-state index contributed by atoms with van der Waals surface area (Å²) in [5, 5.41) is 0. The van der Waals surface area contributed by atoms with E-state index < -0.39 is 5.60 Å². The summed E-state index contributed by atoms with van der Waals surface area (Å²) in [6, 6.07) is 0.583. The summed E-state index contributed by atoms with van der Waals surface area (Å²) in [6.45, 7) is 7.11. The predicted molar refractivity (Wildman–Crippen MR) is 55.7 cm³/mol. The second-order valence-corrected chi connectivity index (χ2v) is 5.29. The molecule has 3 rings (SSSR count). The van der Waals surface area contributed by atoms with Crippen molar-refractivity contribution in [2.45, 2.75) is 51.3 Å². The van der Waals surface area contributed by atoms with Crippen LogP contribution in [0.1, 0.15) is 33.6 Å². The Hall–Kier alpha value is -0.770. The SMILES string of the molecule is CC(C)(C)OC(=O)N1C2CCOCC1C2. The second-order valence-electron chi connectivity index (χ2n) is 5.29. The molecule has 0 aliphatic carbocycles. The Labute approximate surface area is 90.5 Å². The molecule has 3 heterocycles. The third kappa shape index (κ3) is 2.25. The normalized spacial score (nSPS) is 30.5. The van der Waals surface area contributed by atoms with E-state index in [9.17, 15) is 4.79 Å². The summed E-state index contributed by atoms with van der Waals surface area (Å²) < 4.78 is 10.8. The first-order valence-electron chi connectivity index (χ1n) is 5.56. The van der Waals surface area contributed by atoms with E-state index >= 15 is 0 Å². The zero-order chi connectivity index (χ0) is 11.1. The van der Waals surface area contributed by atoms with Crippen molar-refractivity contribution in [1.29, 1.82) is 0 Å². The van der Waals surface area contributed by atoms with Gasteiger partial charge in [-0.05, 0) is 33.6 Å². The van der Waals surface area contributed by atoms with Crippen LogP contribution in [0.4, 0.5) is 4.79 Å². The van der Waals surface area contributed by atoms with E-state index in [0.29, 0.717) is 12.6 Å². The third-order valence-electron chi connectivity index (χ3n) is 2.84. The van der Waals surface area contributed by atoms with E-state index in [1.807, 2.05) is 25.7 Å². The molecule has 2 atom stereocenters. The molecule has 3 aliphatic heterocycles. The fourth-order valence-electron chi connectivity index (χ4n) is 2.16. The molecule has 86 valence electrons. The van der Waals surface area contributed by atoms with Gasteiger partial charge in [0.1, 0.15) is 5.60 Å². The summed E-state index contributed by atoms with van der Waals surface area (Å²) in [6.07, 6.45) is 1.82. The smallest absolute Gasteiger partial charge is 0.410 e. The topological polar surface area (TPSA) is 38.8 Å². The molecule has 2 unspecified atom stereocenters. The van der Waals surface area contributed by atoms with E-state index in [0.717, 1.165) is 19.4 Å². The summed E-state index contributed by atoms with van der Waals surface area (Å²) in [5.74, 6) is 0. The van der Waals surface area contributed by atoms with Crippen molar-refractivity contribution in [2.75, 3.05) is 13.2 Å². The molecule has 3 saturated heterocycles. The van der Waals surface area contributed by atoms with Crippen LogP contribution in [0.2, 0.25) is 0 Å². The van der Waals surface area contributed by atoms with E-state index in [-0.39, 0.29) is 12.1 Å². The molecule has 4 heteroatoms. The van der Waals surface area contributed by atoms with Crippen molar-refractivity contribution in [3.63, 3.8) is 0 Å². The van der Waals surface area contributed by atoms with Crippen molar-refractivity contribution in [3.8, 4) is 0 Å². The minimum absolute atomic E-state index is 0.186. The zero-order valence-corrected chi connectivity index (χ0v) is 9.66. The summed E-state index contributed by atoms with van der Waals surface area (Å²) in [7, 11) is 0.